The van der Waals surface area contributed by atoms with Gasteiger partial charge in [0.1, 0.15) is 0 Å². The minimum absolute atomic E-state index is 0.0170. The number of hydrogen-bond acceptors (Lipinski definition) is 7. The Morgan fingerprint density at radius 2 is 1.96 bits per heavy atom. The number of hydrogen-bond donors (Lipinski definition) is 1. The van der Waals surface area contributed by atoms with Crippen molar-refractivity contribution >= 4 is 17.9 Å². The van der Waals surface area contributed by atoms with E-state index in [0.717, 1.165) is 56.1 Å². The van der Waals surface area contributed by atoms with Gasteiger partial charge in [0.15, 0.2) is 24.1 Å². The van der Waals surface area contributed by atoms with Crippen molar-refractivity contribution in [3.05, 3.63) is 47.8 Å². The molecule has 2 aliphatic rings. The molecule has 0 bridgehead atoms. The van der Waals surface area contributed by atoms with Gasteiger partial charge in [0, 0.05) is 32.7 Å². The summed E-state index contributed by atoms with van der Waals surface area (Å²) >= 11 is 0. The van der Waals surface area contributed by atoms with Crippen LogP contribution >= 0.6 is 0 Å². The Kier molecular flexibility index (Phi) is 5.05. The van der Waals surface area contributed by atoms with E-state index in [1.54, 1.807) is 0 Å². The molecule has 1 fully saturated rings. The molecule has 1 unspecified atom stereocenters. The lowest BCUT2D eigenvalue weighted by atomic mass is 10.1. The first-order chi connectivity index (χ1) is 13.2. The highest BCUT2D eigenvalue weighted by Crippen LogP contribution is 2.37. The normalized spacial score (nSPS) is 21.6. The van der Waals surface area contributed by atoms with Crippen LogP contribution in [0.3, 0.4) is 0 Å². The van der Waals surface area contributed by atoms with E-state index in [9.17, 15) is 4.79 Å². The van der Waals surface area contributed by atoms with Gasteiger partial charge in [-0.15, -0.1) is 0 Å². The molecule has 7 heteroatoms. The van der Waals surface area contributed by atoms with Crippen molar-refractivity contribution in [3.63, 3.8) is 0 Å². The number of piperazine rings is 1. The number of aromatic nitrogens is 2. The number of nitrogens with one attached hydrogen (secondary N) is 1. The predicted octanol–water partition coefficient (Wildman–Crippen LogP) is 1.74. The molecule has 1 saturated heterocycles. The van der Waals surface area contributed by atoms with Crippen molar-refractivity contribution in [2.24, 2.45) is 0 Å². The summed E-state index contributed by atoms with van der Waals surface area (Å²) in [5.74, 6) is 1.44. The summed E-state index contributed by atoms with van der Waals surface area (Å²) in [7, 11) is 2.15. The Bertz CT molecular complexity index is 790. The Morgan fingerprint density at radius 1 is 1.22 bits per heavy atom. The van der Waals surface area contributed by atoms with E-state index >= 15 is 0 Å². The first-order valence-electron chi connectivity index (χ1n) is 9.47. The lowest BCUT2D eigenvalue weighted by molar-refractivity contribution is -0.108. The summed E-state index contributed by atoms with van der Waals surface area (Å²) in [6, 6.07) is 10.2. The second kappa shape index (κ2) is 7.62. The summed E-state index contributed by atoms with van der Waals surface area (Å²) in [6.45, 7) is 7.10. The zero-order chi connectivity index (χ0) is 18.8. The van der Waals surface area contributed by atoms with E-state index in [-0.39, 0.29) is 6.04 Å². The molecule has 2 atom stereocenters. The second-order valence-corrected chi connectivity index (χ2v) is 7.33. The molecule has 1 N–H and O–H groups in total. The summed E-state index contributed by atoms with van der Waals surface area (Å²) < 4.78 is 0. The van der Waals surface area contributed by atoms with Gasteiger partial charge in [0.25, 0.3) is 0 Å². The lowest BCUT2D eigenvalue weighted by Gasteiger charge is -2.32. The Labute approximate surface area is 160 Å². The van der Waals surface area contributed by atoms with E-state index in [1.807, 2.05) is 29.3 Å². The molecule has 3 heterocycles. The zero-order valence-corrected chi connectivity index (χ0v) is 15.9. The number of nitrogens with zero attached hydrogens (tertiary/aromatic N) is 5. The van der Waals surface area contributed by atoms with Crippen molar-refractivity contribution in [1.82, 2.24) is 19.8 Å². The fraction of sp³-hybridized carbons (Fsp3) is 0.450. The smallest absolute Gasteiger partial charge is 0.174 e. The van der Waals surface area contributed by atoms with E-state index < -0.39 is 6.17 Å². The highest BCUT2D eigenvalue weighted by atomic mass is 16.1. The van der Waals surface area contributed by atoms with Gasteiger partial charge < -0.3 is 15.1 Å². The number of aldehydes is 1. The van der Waals surface area contributed by atoms with Gasteiger partial charge in [-0.25, -0.2) is 9.97 Å². The van der Waals surface area contributed by atoms with Crippen LogP contribution in [0.4, 0.5) is 11.6 Å². The highest BCUT2D eigenvalue weighted by Gasteiger charge is 2.35. The van der Waals surface area contributed by atoms with Crippen LogP contribution in [0, 0.1) is 0 Å². The largest absolute Gasteiger partial charge is 0.341 e. The number of benzene rings is 1. The van der Waals surface area contributed by atoms with Crippen LogP contribution in [0.25, 0.3) is 0 Å². The van der Waals surface area contributed by atoms with E-state index in [2.05, 4.69) is 46.2 Å². The molecule has 0 spiro atoms. The fourth-order valence-electron chi connectivity index (χ4n) is 3.77. The van der Waals surface area contributed by atoms with Crippen molar-refractivity contribution in [2.75, 3.05) is 43.4 Å². The average molecular weight is 366 g/mol. The fourth-order valence-corrected chi connectivity index (χ4v) is 3.77. The molecule has 2 aromatic rings. The maximum absolute atomic E-state index is 11.7. The maximum Gasteiger partial charge on any atom is 0.174 e. The van der Waals surface area contributed by atoms with Gasteiger partial charge in [-0.2, -0.15) is 0 Å². The van der Waals surface area contributed by atoms with Crippen LogP contribution in [0.5, 0.6) is 0 Å². The third kappa shape index (κ3) is 3.65. The van der Waals surface area contributed by atoms with Crippen LogP contribution in [0.2, 0.25) is 0 Å². The third-order valence-electron chi connectivity index (χ3n) is 5.44. The van der Waals surface area contributed by atoms with Gasteiger partial charge in [0.05, 0.1) is 17.9 Å². The van der Waals surface area contributed by atoms with Crippen LogP contribution in [0.15, 0.2) is 36.5 Å². The van der Waals surface area contributed by atoms with Crippen molar-refractivity contribution in [3.8, 4) is 0 Å². The monoisotopic (exact) mass is 366 g/mol. The number of carbonyl (C=O) groups excluding carboxylic acids is 1. The number of likely N-dealkylation sites (N-methyl/N-ethyl adjacent to an activating group) is 1. The topological polar surface area (TPSA) is 64.6 Å². The van der Waals surface area contributed by atoms with Gasteiger partial charge in [0.2, 0.25) is 0 Å². The first kappa shape index (κ1) is 17.9. The number of rotatable bonds is 5. The molecule has 1 aromatic heterocycles. The maximum atomic E-state index is 11.7. The van der Waals surface area contributed by atoms with Crippen molar-refractivity contribution < 1.29 is 4.79 Å². The average Bonchev–Trinajstić information content (AvgIpc) is 3.07. The minimum Gasteiger partial charge on any atom is -0.341 e. The molecule has 7 nitrogen and oxygen atoms in total. The molecule has 142 valence electrons. The van der Waals surface area contributed by atoms with Crippen molar-refractivity contribution in [1.29, 1.82) is 0 Å². The molecular weight excluding hydrogens is 340 g/mol. The zero-order valence-electron chi connectivity index (χ0n) is 15.9. The SMILES string of the molecule is CC(c1ccccc1)N1c2nc(CN3CCN(C)CC3)cnc2N[C@@H]1C=O. The summed E-state index contributed by atoms with van der Waals surface area (Å²) in [4.78, 5) is 27.9. The standard InChI is InChI=1S/C20H26N6O/c1-15(16-6-4-3-5-7-16)26-18(14-27)23-19-20(26)22-17(12-21-19)13-25-10-8-24(2)9-11-25/h3-7,12,14-15,18H,8-11,13H2,1-2H3,(H,21,23)/t15?,18-/m0/s1. The Balaban J connectivity index is 1.58. The quantitative estimate of drug-likeness (QED) is 0.809. The van der Waals surface area contributed by atoms with Crippen molar-refractivity contribution in [2.45, 2.75) is 25.7 Å². The van der Waals surface area contributed by atoms with E-state index in [0.29, 0.717) is 5.82 Å². The van der Waals surface area contributed by atoms with Gasteiger partial charge in [-0.3, -0.25) is 9.69 Å². The summed E-state index contributed by atoms with van der Waals surface area (Å²) in [6.07, 6.45) is 2.29. The number of carbonyl (C=O) groups is 1. The van der Waals surface area contributed by atoms with Crippen LogP contribution < -0.4 is 10.2 Å². The van der Waals surface area contributed by atoms with Gasteiger partial charge in [-0.1, -0.05) is 30.3 Å². The summed E-state index contributed by atoms with van der Waals surface area (Å²) in [5.41, 5.74) is 2.09. The molecule has 0 saturated carbocycles. The van der Waals surface area contributed by atoms with Crippen LogP contribution in [-0.4, -0.2) is 65.4 Å². The lowest BCUT2D eigenvalue weighted by Crippen LogP contribution is -2.44. The highest BCUT2D eigenvalue weighted by molar-refractivity contribution is 5.80. The van der Waals surface area contributed by atoms with Gasteiger partial charge >= 0.3 is 0 Å². The van der Waals surface area contributed by atoms with E-state index in [4.69, 9.17) is 4.98 Å². The van der Waals surface area contributed by atoms with Crippen LogP contribution in [0.1, 0.15) is 24.2 Å². The summed E-state index contributed by atoms with van der Waals surface area (Å²) in [5, 5.41) is 3.19. The minimum atomic E-state index is -0.450. The van der Waals surface area contributed by atoms with Crippen LogP contribution in [-0.2, 0) is 11.3 Å². The molecule has 27 heavy (non-hydrogen) atoms. The molecule has 0 aliphatic carbocycles. The van der Waals surface area contributed by atoms with Gasteiger partial charge in [-0.05, 0) is 19.5 Å². The molecule has 0 radical (unpaired) electrons. The number of anilines is 2. The molecular formula is C20H26N6O. The molecule has 0 amide bonds. The molecule has 4 rings (SSSR count). The molecule has 2 aliphatic heterocycles. The number of fused-ring (bicyclic) bond motifs is 1. The Hall–Kier alpha value is -2.51. The first-order valence-corrected chi connectivity index (χ1v) is 9.47. The van der Waals surface area contributed by atoms with E-state index in [1.165, 1.54) is 0 Å². The molecule has 1 aromatic carbocycles. The third-order valence-corrected chi connectivity index (χ3v) is 5.44. The second-order valence-electron chi connectivity index (χ2n) is 7.33. The predicted molar refractivity (Wildman–Crippen MR) is 106 cm³/mol. The Morgan fingerprint density at radius 3 is 2.67 bits per heavy atom.